The Morgan fingerprint density at radius 1 is 0.743 bits per heavy atom. The molecule has 0 spiro atoms. The molecule has 35 heavy (non-hydrogen) atoms. The van der Waals surface area contributed by atoms with Gasteiger partial charge in [-0.15, -0.1) is 0 Å². The molecule has 0 aliphatic heterocycles. The Labute approximate surface area is 201 Å². The van der Waals surface area contributed by atoms with Crippen molar-refractivity contribution in [1.29, 1.82) is 0 Å². The number of amides is 2. The first-order valence-electron chi connectivity index (χ1n) is 11.0. The second-order valence-corrected chi connectivity index (χ2v) is 7.90. The van der Waals surface area contributed by atoms with Gasteiger partial charge in [0, 0.05) is 36.4 Å². The summed E-state index contributed by atoms with van der Waals surface area (Å²) in [6.07, 6.45) is 3.42. The highest BCUT2D eigenvalue weighted by molar-refractivity contribution is 6.08. The van der Waals surface area contributed by atoms with Crippen molar-refractivity contribution in [3.8, 4) is 16.9 Å². The van der Waals surface area contributed by atoms with Gasteiger partial charge in [-0.05, 0) is 36.4 Å². The highest BCUT2D eigenvalue weighted by atomic mass is 16.2. The highest BCUT2D eigenvalue weighted by Gasteiger charge is 2.19. The molecule has 0 radical (unpaired) electrons. The van der Waals surface area contributed by atoms with Gasteiger partial charge in [-0.2, -0.15) is 10.2 Å². The quantitative estimate of drug-likeness (QED) is 0.380. The van der Waals surface area contributed by atoms with Crippen molar-refractivity contribution in [3.63, 3.8) is 0 Å². The van der Waals surface area contributed by atoms with Crippen molar-refractivity contribution < 1.29 is 9.59 Å². The van der Waals surface area contributed by atoms with E-state index in [9.17, 15) is 9.59 Å². The Kier molecular flexibility index (Phi) is 5.92. The predicted molar refractivity (Wildman–Crippen MR) is 135 cm³/mol. The number of carbonyl (C=O) groups is 2. The maximum Gasteiger partial charge on any atom is 0.276 e. The molecule has 8 heteroatoms. The minimum absolute atomic E-state index is 0.306. The van der Waals surface area contributed by atoms with E-state index in [0.717, 1.165) is 11.3 Å². The molecule has 0 saturated carbocycles. The third-order valence-electron chi connectivity index (χ3n) is 5.35. The van der Waals surface area contributed by atoms with Crippen molar-refractivity contribution in [2.24, 2.45) is 7.05 Å². The minimum atomic E-state index is -0.329. The molecule has 2 amide bonds. The first-order chi connectivity index (χ1) is 17.1. The monoisotopic (exact) mass is 462 g/mol. The number of hydrogen-bond acceptors (Lipinski definition) is 4. The molecular weight excluding hydrogens is 440 g/mol. The fourth-order valence-corrected chi connectivity index (χ4v) is 3.67. The van der Waals surface area contributed by atoms with E-state index in [1.807, 2.05) is 60.7 Å². The van der Waals surface area contributed by atoms with Crippen LogP contribution in [0, 0.1) is 0 Å². The van der Waals surface area contributed by atoms with Gasteiger partial charge in [-0.1, -0.05) is 54.6 Å². The first kappa shape index (κ1) is 21.8. The number of aromatic nitrogens is 4. The Balaban J connectivity index is 1.41. The largest absolute Gasteiger partial charge is 0.322 e. The molecule has 5 rings (SSSR count). The molecule has 0 bridgehead atoms. The number of rotatable bonds is 6. The average molecular weight is 463 g/mol. The number of nitrogens with one attached hydrogen (secondary N) is 2. The zero-order chi connectivity index (χ0) is 24.2. The zero-order valence-corrected chi connectivity index (χ0v) is 18.9. The molecule has 2 aromatic heterocycles. The van der Waals surface area contributed by atoms with E-state index in [-0.39, 0.29) is 11.8 Å². The highest BCUT2D eigenvalue weighted by Crippen LogP contribution is 2.25. The van der Waals surface area contributed by atoms with Crippen LogP contribution < -0.4 is 10.6 Å². The lowest BCUT2D eigenvalue weighted by Crippen LogP contribution is -2.14. The molecule has 5 aromatic rings. The topological polar surface area (TPSA) is 93.8 Å². The van der Waals surface area contributed by atoms with Crippen LogP contribution in [0.25, 0.3) is 16.9 Å². The van der Waals surface area contributed by atoms with E-state index in [1.165, 1.54) is 0 Å². The summed E-state index contributed by atoms with van der Waals surface area (Å²) in [4.78, 5) is 25.8. The molecule has 0 atom stereocenters. The normalized spacial score (nSPS) is 10.7. The second kappa shape index (κ2) is 9.48. The average Bonchev–Trinajstić information content (AvgIpc) is 3.52. The summed E-state index contributed by atoms with van der Waals surface area (Å²) in [6, 6.07) is 27.8. The Morgan fingerprint density at radius 2 is 1.40 bits per heavy atom. The number of nitrogens with zero attached hydrogens (tertiary/aromatic N) is 4. The molecule has 0 unspecified atom stereocenters. The van der Waals surface area contributed by atoms with E-state index in [4.69, 9.17) is 5.10 Å². The molecule has 0 fully saturated rings. The number of aryl methyl sites for hydroxylation is 1. The van der Waals surface area contributed by atoms with Crippen LogP contribution in [0.4, 0.5) is 11.4 Å². The van der Waals surface area contributed by atoms with E-state index >= 15 is 0 Å². The Hall–Kier alpha value is -4.98. The Bertz CT molecular complexity index is 1490. The molecule has 2 N–H and O–H groups in total. The lowest BCUT2D eigenvalue weighted by Gasteiger charge is -2.08. The van der Waals surface area contributed by atoms with Gasteiger partial charge in [0.05, 0.1) is 11.3 Å². The van der Waals surface area contributed by atoms with Gasteiger partial charge in [0.2, 0.25) is 0 Å². The van der Waals surface area contributed by atoms with Crippen LogP contribution in [0.3, 0.4) is 0 Å². The van der Waals surface area contributed by atoms with Gasteiger partial charge in [0.1, 0.15) is 5.69 Å². The standard InChI is InChI=1S/C27H22N6O2/c1-32-16-15-24(30-32)27(35)29-21-12-8-11-20(17-21)28-26(34)23-18-33(22-13-6-3-7-14-22)31-25(23)19-9-4-2-5-10-19/h2-18H,1H3,(H,28,34)(H,29,35). The summed E-state index contributed by atoms with van der Waals surface area (Å²) < 4.78 is 3.26. The van der Waals surface area contributed by atoms with Crippen molar-refractivity contribution in [1.82, 2.24) is 19.6 Å². The van der Waals surface area contributed by atoms with Crippen LogP contribution in [-0.2, 0) is 7.05 Å². The number of para-hydroxylation sites is 1. The van der Waals surface area contributed by atoms with Crippen LogP contribution >= 0.6 is 0 Å². The molecule has 0 aliphatic carbocycles. The third kappa shape index (κ3) is 4.86. The van der Waals surface area contributed by atoms with Crippen LogP contribution in [0.5, 0.6) is 0 Å². The summed E-state index contributed by atoms with van der Waals surface area (Å²) in [6.45, 7) is 0. The van der Waals surface area contributed by atoms with Crippen LogP contribution in [0.2, 0.25) is 0 Å². The second-order valence-electron chi connectivity index (χ2n) is 7.90. The maximum absolute atomic E-state index is 13.3. The molecule has 3 aromatic carbocycles. The summed E-state index contributed by atoms with van der Waals surface area (Å²) in [7, 11) is 1.75. The van der Waals surface area contributed by atoms with E-state index in [2.05, 4.69) is 15.7 Å². The fourth-order valence-electron chi connectivity index (χ4n) is 3.67. The first-order valence-corrected chi connectivity index (χ1v) is 11.0. The van der Waals surface area contributed by atoms with Crippen molar-refractivity contribution >= 4 is 23.2 Å². The van der Waals surface area contributed by atoms with Gasteiger partial charge >= 0.3 is 0 Å². The van der Waals surface area contributed by atoms with Gasteiger partial charge in [-0.3, -0.25) is 14.3 Å². The molecule has 2 heterocycles. The smallest absolute Gasteiger partial charge is 0.276 e. The summed E-state index contributed by atoms with van der Waals surface area (Å²) in [5.74, 6) is -0.635. The summed E-state index contributed by atoms with van der Waals surface area (Å²) >= 11 is 0. The van der Waals surface area contributed by atoms with Crippen LogP contribution in [0.15, 0.2) is 103 Å². The minimum Gasteiger partial charge on any atom is -0.322 e. The third-order valence-corrected chi connectivity index (χ3v) is 5.35. The van der Waals surface area contributed by atoms with Crippen molar-refractivity contribution in [2.75, 3.05) is 10.6 Å². The van der Waals surface area contributed by atoms with E-state index < -0.39 is 0 Å². The zero-order valence-electron chi connectivity index (χ0n) is 18.9. The summed E-state index contributed by atoms with van der Waals surface area (Å²) in [5, 5.41) is 14.5. The molecule has 8 nitrogen and oxygen atoms in total. The van der Waals surface area contributed by atoms with Gasteiger partial charge < -0.3 is 10.6 Å². The fraction of sp³-hybridized carbons (Fsp3) is 0.0370. The molecule has 0 aliphatic rings. The Morgan fingerprint density at radius 3 is 2.06 bits per heavy atom. The number of benzene rings is 3. The maximum atomic E-state index is 13.3. The van der Waals surface area contributed by atoms with Gasteiger partial charge in [0.15, 0.2) is 5.69 Å². The lowest BCUT2D eigenvalue weighted by molar-refractivity contribution is 0.101. The van der Waals surface area contributed by atoms with Crippen molar-refractivity contribution in [2.45, 2.75) is 0 Å². The van der Waals surface area contributed by atoms with Gasteiger partial charge in [0.25, 0.3) is 11.8 Å². The molecule has 0 saturated heterocycles. The number of carbonyl (C=O) groups excluding carboxylic acids is 2. The SMILES string of the molecule is Cn1ccc(C(=O)Nc2cccc(NC(=O)c3cn(-c4ccccc4)nc3-c3ccccc3)c2)n1. The van der Waals surface area contributed by atoms with Crippen LogP contribution in [0.1, 0.15) is 20.8 Å². The number of anilines is 2. The van der Waals surface area contributed by atoms with Gasteiger partial charge in [-0.25, -0.2) is 4.68 Å². The predicted octanol–water partition coefficient (Wildman–Crippen LogP) is 4.78. The van der Waals surface area contributed by atoms with E-state index in [1.54, 1.807) is 59.1 Å². The van der Waals surface area contributed by atoms with Crippen molar-refractivity contribution in [3.05, 3.63) is 115 Å². The molecular formula is C27H22N6O2. The lowest BCUT2D eigenvalue weighted by atomic mass is 10.1. The summed E-state index contributed by atoms with van der Waals surface area (Å²) in [5.41, 5.74) is 4.09. The van der Waals surface area contributed by atoms with Crippen LogP contribution in [-0.4, -0.2) is 31.4 Å². The number of hydrogen-bond donors (Lipinski definition) is 2. The molecule has 172 valence electrons. The van der Waals surface area contributed by atoms with E-state index in [0.29, 0.717) is 28.3 Å².